The fourth-order valence-electron chi connectivity index (χ4n) is 3.37. The molecule has 3 nitrogen and oxygen atoms in total. The van der Waals surface area contributed by atoms with Gasteiger partial charge >= 0.3 is 0 Å². The zero-order valence-electron chi connectivity index (χ0n) is 13.0. The molecule has 0 bridgehead atoms. The van der Waals surface area contributed by atoms with Gasteiger partial charge < -0.3 is 4.74 Å². The van der Waals surface area contributed by atoms with Gasteiger partial charge in [0.15, 0.2) is 0 Å². The molecule has 1 aliphatic heterocycles. The smallest absolute Gasteiger partial charge is 0.126 e. The molecule has 2 atom stereocenters. The van der Waals surface area contributed by atoms with Gasteiger partial charge in [-0.25, -0.2) is 4.39 Å². The van der Waals surface area contributed by atoms with E-state index in [0.717, 1.165) is 12.0 Å². The Hall–Kier alpha value is -0.970. The molecule has 2 unspecified atom stereocenters. The fourth-order valence-corrected chi connectivity index (χ4v) is 3.37. The standard InChI is InChI=1S/C16H25FN2O/c1-10-6-7-11(8-13(10)17)14(19-18)12-9-15(2,3)20-16(12,4)5/h6-8,12,14,19H,9,18H2,1-5H3. The summed E-state index contributed by atoms with van der Waals surface area (Å²) in [6.07, 6.45) is 0.879. The first kappa shape index (κ1) is 15.4. The number of rotatable bonds is 3. The Morgan fingerprint density at radius 1 is 1.35 bits per heavy atom. The zero-order valence-corrected chi connectivity index (χ0v) is 13.0. The number of benzene rings is 1. The molecule has 2 rings (SSSR count). The molecule has 0 spiro atoms. The van der Waals surface area contributed by atoms with Crippen molar-refractivity contribution in [3.63, 3.8) is 0 Å². The Morgan fingerprint density at radius 2 is 2.00 bits per heavy atom. The van der Waals surface area contributed by atoms with E-state index in [9.17, 15) is 4.39 Å². The lowest BCUT2D eigenvalue weighted by Gasteiger charge is -2.33. The van der Waals surface area contributed by atoms with E-state index in [4.69, 9.17) is 10.6 Å². The molecule has 0 aromatic heterocycles. The van der Waals surface area contributed by atoms with E-state index in [1.54, 1.807) is 19.1 Å². The Balaban J connectivity index is 2.35. The lowest BCUT2D eigenvalue weighted by atomic mass is 9.79. The molecule has 0 radical (unpaired) electrons. The van der Waals surface area contributed by atoms with Crippen LogP contribution < -0.4 is 11.3 Å². The summed E-state index contributed by atoms with van der Waals surface area (Å²) in [5, 5.41) is 0. The third-order valence-corrected chi connectivity index (χ3v) is 4.28. The summed E-state index contributed by atoms with van der Waals surface area (Å²) in [6.45, 7) is 10.1. The predicted molar refractivity (Wildman–Crippen MR) is 78.6 cm³/mol. The van der Waals surface area contributed by atoms with E-state index in [1.165, 1.54) is 0 Å². The highest BCUT2D eigenvalue weighted by molar-refractivity contribution is 5.27. The van der Waals surface area contributed by atoms with Crippen molar-refractivity contribution >= 4 is 0 Å². The first-order chi connectivity index (χ1) is 9.16. The first-order valence-corrected chi connectivity index (χ1v) is 7.09. The number of nitrogens with one attached hydrogen (secondary N) is 1. The van der Waals surface area contributed by atoms with E-state index in [1.807, 2.05) is 6.07 Å². The lowest BCUT2D eigenvalue weighted by Crippen LogP contribution is -2.41. The molecule has 1 fully saturated rings. The number of nitrogens with two attached hydrogens (primary N) is 1. The summed E-state index contributed by atoms with van der Waals surface area (Å²) >= 11 is 0. The van der Waals surface area contributed by atoms with E-state index in [0.29, 0.717) is 5.56 Å². The van der Waals surface area contributed by atoms with Crippen LogP contribution in [0.2, 0.25) is 0 Å². The zero-order chi connectivity index (χ0) is 15.1. The van der Waals surface area contributed by atoms with Crippen molar-refractivity contribution in [2.75, 3.05) is 0 Å². The fraction of sp³-hybridized carbons (Fsp3) is 0.625. The quantitative estimate of drug-likeness (QED) is 0.660. The minimum absolute atomic E-state index is 0.123. The average molecular weight is 280 g/mol. The molecule has 112 valence electrons. The molecule has 1 aromatic rings. The molecule has 0 amide bonds. The minimum atomic E-state index is -0.304. The predicted octanol–water partition coefficient (Wildman–Crippen LogP) is 3.23. The maximum absolute atomic E-state index is 13.8. The first-order valence-electron chi connectivity index (χ1n) is 7.09. The Morgan fingerprint density at radius 3 is 2.45 bits per heavy atom. The van der Waals surface area contributed by atoms with E-state index in [2.05, 4.69) is 33.1 Å². The number of aryl methyl sites for hydroxylation is 1. The van der Waals surface area contributed by atoms with Gasteiger partial charge in [-0.3, -0.25) is 11.3 Å². The molecule has 1 aliphatic rings. The van der Waals surface area contributed by atoms with Gasteiger partial charge in [0.25, 0.3) is 0 Å². The summed E-state index contributed by atoms with van der Waals surface area (Å²) < 4.78 is 19.9. The van der Waals surface area contributed by atoms with Gasteiger partial charge in [0.05, 0.1) is 17.2 Å². The van der Waals surface area contributed by atoms with Crippen molar-refractivity contribution < 1.29 is 9.13 Å². The van der Waals surface area contributed by atoms with E-state index < -0.39 is 0 Å². The number of hydrazine groups is 1. The SMILES string of the molecule is Cc1ccc(C(NN)C2CC(C)(C)OC2(C)C)cc1F. The highest BCUT2D eigenvalue weighted by Crippen LogP contribution is 2.47. The summed E-state index contributed by atoms with van der Waals surface area (Å²) in [6, 6.07) is 5.18. The second kappa shape index (κ2) is 5.10. The van der Waals surface area contributed by atoms with Crippen LogP contribution in [0, 0.1) is 18.7 Å². The Kier molecular flexibility index (Phi) is 3.93. The van der Waals surface area contributed by atoms with Gasteiger partial charge in [-0.1, -0.05) is 12.1 Å². The number of ether oxygens (including phenoxy) is 1. The normalized spacial score (nSPS) is 25.6. The van der Waals surface area contributed by atoms with Gasteiger partial charge in [-0.15, -0.1) is 0 Å². The van der Waals surface area contributed by atoms with Crippen molar-refractivity contribution in [2.24, 2.45) is 11.8 Å². The molecular formula is C16H25FN2O. The van der Waals surface area contributed by atoms with Crippen LogP contribution in [-0.2, 0) is 4.74 Å². The molecule has 1 saturated heterocycles. The van der Waals surface area contributed by atoms with Crippen LogP contribution in [-0.4, -0.2) is 11.2 Å². The van der Waals surface area contributed by atoms with E-state index in [-0.39, 0.29) is 29.0 Å². The van der Waals surface area contributed by atoms with Crippen molar-refractivity contribution in [3.05, 3.63) is 35.1 Å². The molecule has 4 heteroatoms. The molecular weight excluding hydrogens is 255 g/mol. The van der Waals surface area contributed by atoms with Crippen LogP contribution in [0.25, 0.3) is 0 Å². The van der Waals surface area contributed by atoms with Crippen LogP contribution in [0.15, 0.2) is 18.2 Å². The largest absolute Gasteiger partial charge is 0.369 e. The highest BCUT2D eigenvalue weighted by atomic mass is 19.1. The molecule has 1 aromatic carbocycles. The number of hydrogen-bond donors (Lipinski definition) is 2. The Labute approximate surface area is 120 Å². The van der Waals surface area contributed by atoms with Crippen molar-refractivity contribution in [1.82, 2.24) is 5.43 Å². The van der Waals surface area contributed by atoms with Crippen LogP contribution in [0.3, 0.4) is 0 Å². The highest BCUT2D eigenvalue weighted by Gasteiger charge is 2.49. The van der Waals surface area contributed by atoms with Crippen LogP contribution >= 0.6 is 0 Å². The van der Waals surface area contributed by atoms with Gasteiger partial charge in [-0.05, 0) is 58.2 Å². The maximum Gasteiger partial charge on any atom is 0.126 e. The van der Waals surface area contributed by atoms with Crippen molar-refractivity contribution in [1.29, 1.82) is 0 Å². The molecule has 20 heavy (non-hydrogen) atoms. The van der Waals surface area contributed by atoms with Gasteiger partial charge in [0, 0.05) is 5.92 Å². The van der Waals surface area contributed by atoms with Gasteiger partial charge in [0.1, 0.15) is 5.82 Å². The third kappa shape index (κ3) is 2.87. The third-order valence-electron chi connectivity index (χ3n) is 4.28. The second-order valence-electron chi connectivity index (χ2n) is 6.93. The minimum Gasteiger partial charge on any atom is -0.369 e. The van der Waals surface area contributed by atoms with E-state index >= 15 is 0 Å². The summed E-state index contributed by atoms with van der Waals surface area (Å²) in [5.74, 6) is 5.74. The molecule has 0 saturated carbocycles. The summed E-state index contributed by atoms with van der Waals surface area (Å²) in [4.78, 5) is 0. The van der Waals surface area contributed by atoms with Crippen molar-refractivity contribution in [3.8, 4) is 0 Å². The van der Waals surface area contributed by atoms with Crippen molar-refractivity contribution in [2.45, 2.75) is 58.3 Å². The van der Waals surface area contributed by atoms with Gasteiger partial charge in [0.2, 0.25) is 0 Å². The summed E-state index contributed by atoms with van der Waals surface area (Å²) in [7, 11) is 0. The topological polar surface area (TPSA) is 47.3 Å². The van der Waals surface area contributed by atoms with Crippen LogP contribution in [0.5, 0.6) is 0 Å². The monoisotopic (exact) mass is 280 g/mol. The Bertz CT molecular complexity index is 499. The molecule has 3 N–H and O–H groups in total. The maximum atomic E-state index is 13.8. The molecule has 0 aliphatic carbocycles. The number of hydrogen-bond acceptors (Lipinski definition) is 3. The second-order valence-corrected chi connectivity index (χ2v) is 6.93. The van der Waals surface area contributed by atoms with Crippen LogP contribution in [0.1, 0.15) is 51.3 Å². The van der Waals surface area contributed by atoms with Gasteiger partial charge in [-0.2, -0.15) is 0 Å². The summed E-state index contributed by atoms with van der Waals surface area (Å²) in [5.41, 5.74) is 3.88. The van der Waals surface area contributed by atoms with Crippen LogP contribution in [0.4, 0.5) is 4.39 Å². The average Bonchev–Trinajstić information content (AvgIpc) is 2.53. The number of halogens is 1. The lowest BCUT2D eigenvalue weighted by molar-refractivity contribution is -0.0779. The molecule has 1 heterocycles.